The van der Waals surface area contributed by atoms with E-state index in [9.17, 15) is 9.59 Å². The molecular formula is C3H5LiO4. The third-order valence-electron chi connectivity index (χ3n) is 0.302. The van der Waals surface area contributed by atoms with Crippen LogP contribution in [-0.2, 0) is 9.59 Å². The molecule has 4 nitrogen and oxygen atoms in total. The Balaban J connectivity index is -0.000000180. The quantitative estimate of drug-likeness (QED) is 0.289. The monoisotopic (exact) mass is 112 g/mol. The summed E-state index contributed by atoms with van der Waals surface area (Å²) in [6.07, 6.45) is -0.806. The van der Waals surface area contributed by atoms with Crippen LogP contribution in [0.5, 0.6) is 0 Å². The molecule has 2 N–H and O–H groups in total. The van der Waals surface area contributed by atoms with Crippen molar-refractivity contribution in [1.82, 2.24) is 0 Å². The SMILES string of the molecule is O=C(O)CC(=O)O.[H-].[Li+]. The van der Waals surface area contributed by atoms with Gasteiger partial charge in [-0.05, 0) is 0 Å². The smallest absolute Gasteiger partial charge is 1.00 e. The maximum atomic E-state index is 9.43. The molecule has 8 heavy (non-hydrogen) atoms. The van der Waals surface area contributed by atoms with Crippen LogP contribution in [0.3, 0.4) is 0 Å². The molecule has 0 spiro atoms. The van der Waals surface area contributed by atoms with E-state index in [1.807, 2.05) is 0 Å². The number of carboxylic acid groups (broad SMARTS) is 2. The van der Waals surface area contributed by atoms with E-state index in [4.69, 9.17) is 10.2 Å². The molecule has 0 radical (unpaired) electrons. The van der Waals surface area contributed by atoms with Crippen LogP contribution in [0.15, 0.2) is 0 Å². The Morgan fingerprint density at radius 1 is 1.25 bits per heavy atom. The summed E-state index contributed by atoms with van der Waals surface area (Å²) in [4.78, 5) is 18.9. The summed E-state index contributed by atoms with van der Waals surface area (Å²) in [6.45, 7) is 0. The number of hydrogen-bond acceptors (Lipinski definition) is 2. The van der Waals surface area contributed by atoms with E-state index < -0.39 is 18.4 Å². The molecule has 0 saturated carbocycles. The Morgan fingerprint density at radius 2 is 1.50 bits per heavy atom. The first-order chi connectivity index (χ1) is 3.13. The van der Waals surface area contributed by atoms with Gasteiger partial charge >= 0.3 is 30.8 Å². The third kappa shape index (κ3) is 9.11. The molecule has 5 heteroatoms. The Labute approximate surface area is 59.2 Å². The molecule has 0 aromatic rings. The van der Waals surface area contributed by atoms with Crippen LogP contribution >= 0.6 is 0 Å². The summed E-state index contributed by atoms with van der Waals surface area (Å²) in [5.74, 6) is -2.62. The van der Waals surface area contributed by atoms with Crippen molar-refractivity contribution < 1.29 is 40.1 Å². The van der Waals surface area contributed by atoms with Crippen LogP contribution in [0.4, 0.5) is 0 Å². The first kappa shape index (κ1) is 10.5. The Bertz CT molecular complexity index is 92.0. The van der Waals surface area contributed by atoms with Crippen molar-refractivity contribution in [1.29, 1.82) is 0 Å². The van der Waals surface area contributed by atoms with Crippen molar-refractivity contribution in [2.75, 3.05) is 0 Å². The van der Waals surface area contributed by atoms with Gasteiger partial charge in [0.05, 0.1) is 0 Å². The van der Waals surface area contributed by atoms with E-state index >= 15 is 0 Å². The zero-order valence-electron chi connectivity index (χ0n) is 5.42. The van der Waals surface area contributed by atoms with Gasteiger partial charge in [0.25, 0.3) is 0 Å². The minimum atomic E-state index is -1.31. The number of carbonyl (C=O) groups is 2. The average molecular weight is 112 g/mol. The summed E-state index contributed by atoms with van der Waals surface area (Å²) in [6, 6.07) is 0. The fourth-order valence-corrected chi connectivity index (χ4v) is 0.129. The first-order valence-corrected chi connectivity index (χ1v) is 1.56. The van der Waals surface area contributed by atoms with Crippen LogP contribution in [0.1, 0.15) is 7.85 Å². The van der Waals surface area contributed by atoms with Gasteiger partial charge in [-0.3, -0.25) is 9.59 Å². The predicted octanol–water partition coefficient (Wildman–Crippen LogP) is -3.34. The predicted molar refractivity (Wildman–Crippen MR) is 21.0 cm³/mol. The van der Waals surface area contributed by atoms with E-state index in [0.29, 0.717) is 0 Å². The molecule has 0 aliphatic heterocycles. The van der Waals surface area contributed by atoms with Crippen LogP contribution in [-0.4, -0.2) is 22.2 Å². The molecule has 0 fully saturated rings. The molecule has 0 aromatic carbocycles. The molecule has 0 aliphatic carbocycles. The fourth-order valence-electron chi connectivity index (χ4n) is 0.129. The molecule has 0 rings (SSSR count). The minimum absolute atomic E-state index is 0. The largest absolute Gasteiger partial charge is 1.00 e. The topological polar surface area (TPSA) is 74.6 Å². The van der Waals surface area contributed by atoms with Crippen LogP contribution in [0, 0.1) is 0 Å². The summed E-state index contributed by atoms with van der Waals surface area (Å²) in [5.41, 5.74) is 0. The number of carboxylic acids is 2. The van der Waals surface area contributed by atoms with E-state index in [1.165, 1.54) is 0 Å². The van der Waals surface area contributed by atoms with E-state index in [-0.39, 0.29) is 20.3 Å². The van der Waals surface area contributed by atoms with Gasteiger partial charge in [-0.25, -0.2) is 0 Å². The van der Waals surface area contributed by atoms with Crippen molar-refractivity contribution in [3.8, 4) is 0 Å². The second kappa shape index (κ2) is 4.69. The molecule has 0 aromatic heterocycles. The third-order valence-corrected chi connectivity index (χ3v) is 0.302. The summed E-state index contributed by atoms with van der Waals surface area (Å²) < 4.78 is 0. The maximum Gasteiger partial charge on any atom is 1.00 e. The van der Waals surface area contributed by atoms with Gasteiger partial charge < -0.3 is 11.6 Å². The van der Waals surface area contributed by atoms with Crippen LogP contribution in [0.2, 0.25) is 0 Å². The molecule has 0 bridgehead atoms. The Kier molecular flexibility index (Phi) is 6.16. The number of hydrogen-bond donors (Lipinski definition) is 2. The molecule has 0 unspecified atom stereocenters. The number of rotatable bonds is 2. The summed E-state index contributed by atoms with van der Waals surface area (Å²) in [7, 11) is 0. The average Bonchev–Trinajstić information content (AvgIpc) is 1.27. The fraction of sp³-hybridized carbons (Fsp3) is 0.333. The Hall–Kier alpha value is -0.463. The maximum absolute atomic E-state index is 9.43. The molecule has 0 heterocycles. The van der Waals surface area contributed by atoms with Gasteiger partial charge in [0, 0.05) is 0 Å². The zero-order valence-corrected chi connectivity index (χ0v) is 4.42. The molecule has 0 atom stereocenters. The van der Waals surface area contributed by atoms with E-state index in [2.05, 4.69) is 0 Å². The van der Waals surface area contributed by atoms with Crippen LogP contribution in [0.25, 0.3) is 0 Å². The van der Waals surface area contributed by atoms with Crippen molar-refractivity contribution in [2.24, 2.45) is 0 Å². The minimum Gasteiger partial charge on any atom is -1.00 e. The normalized spacial score (nSPS) is 7.00. The van der Waals surface area contributed by atoms with Gasteiger partial charge in [0.15, 0.2) is 0 Å². The first-order valence-electron chi connectivity index (χ1n) is 1.56. The van der Waals surface area contributed by atoms with Crippen LogP contribution < -0.4 is 18.9 Å². The molecular weight excluding hydrogens is 107 g/mol. The van der Waals surface area contributed by atoms with Crippen molar-refractivity contribution in [3.05, 3.63) is 0 Å². The second-order valence-corrected chi connectivity index (χ2v) is 0.964. The van der Waals surface area contributed by atoms with E-state index in [0.717, 1.165) is 0 Å². The standard InChI is InChI=1S/C3H4O4.Li.H/c4-2(5)1-3(6)7;;/h1H2,(H,4,5)(H,6,7);;/q;+1;-1. The Morgan fingerprint density at radius 3 is 1.50 bits per heavy atom. The zero-order chi connectivity index (χ0) is 5.86. The van der Waals surface area contributed by atoms with Gasteiger partial charge in [0.1, 0.15) is 6.42 Å². The van der Waals surface area contributed by atoms with Crippen molar-refractivity contribution in [2.45, 2.75) is 6.42 Å². The number of aliphatic carboxylic acids is 2. The summed E-state index contributed by atoms with van der Waals surface area (Å²) >= 11 is 0. The molecule has 42 valence electrons. The molecule has 0 amide bonds. The van der Waals surface area contributed by atoms with E-state index in [1.54, 1.807) is 0 Å². The van der Waals surface area contributed by atoms with Crippen molar-refractivity contribution >= 4 is 11.9 Å². The van der Waals surface area contributed by atoms with Gasteiger partial charge in [-0.1, -0.05) is 0 Å². The second-order valence-electron chi connectivity index (χ2n) is 0.964. The van der Waals surface area contributed by atoms with Gasteiger partial charge in [-0.2, -0.15) is 0 Å². The van der Waals surface area contributed by atoms with Gasteiger partial charge in [-0.15, -0.1) is 0 Å². The van der Waals surface area contributed by atoms with Gasteiger partial charge in [0.2, 0.25) is 0 Å². The van der Waals surface area contributed by atoms with Crippen molar-refractivity contribution in [3.63, 3.8) is 0 Å². The molecule has 0 saturated heterocycles. The summed E-state index contributed by atoms with van der Waals surface area (Å²) in [5, 5.41) is 15.4. The molecule has 0 aliphatic rings.